The van der Waals surface area contributed by atoms with Crippen LogP contribution in [0.25, 0.3) is 0 Å². The van der Waals surface area contributed by atoms with Crippen LogP contribution >= 0.6 is 40.5 Å². The molecule has 0 saturated heterocycles. The normalized spacial score (nSPS) is 42.5. The fraction of sp³-hybridized carbons (Fsp3) is 0.760. The number of allylic oxidation sites excluding steroid dienone is 4. The Balaban J connectivity index is 0.000000648. The minimum atomic E-state index is -1.35. The molecule has 0 amide bonds. The molecule has 3 saturated carbocycles. The zero-order valence-corrected chi connectivity index (χ0v) is 27.1. The van der Waals surface area contributed by atoms with E-state index >= 15 is 0 Å². The Morgan fingerprint density at radius 2 is 1.39 bits per heavy atom. The first kappa shape index (κ1) is 29.1. The molecule has 3 fully saturated rings. The summed E-state index contributed by atoms with van der Waals surface area (Å²) in [6.07, 6.45) is 13.0. The molecule has 0 aromatic carbocycles. The number of rotatable bonds is 2. The molecular weight excluding hydrogens is 555 g/mol. The Labute approximate surface area is 221 Å². The number of hydrogen-bond acceptors (Lipinski definition) is 2. The molecule has 0 N–H and O–H groups in total. The van der Waals surface area contributed by atoms with Crippen molar-refractivity contribution in [1.29, 1.82) is 0 Å². The molecule has 5 rings (SSSR count). The number of thioether (sulfide) groups is 2. The maximum absolute atomic E-state index is 4.93. The van der Waals surface area contributed by atoms with E-state index in [1.54, 1.807) is 29.1 Å². The topological polar surface area (TPSA) is 0 Å². The van der Waals surface area contributed by atoms with Crippen LogP contribution in [0.15, 0.2) is 22.0 Å². The zero-order valence-electron chi connectivity index (χ0n) is 20.5. The summed E-state index contributed by atoms with van der Waals surface area (Å²) in [5.41, 5.74) is 2.09. The summed E-state index contributed by atoms with van der Waals surface area (Å²) < 4.78 is 0. The van der Waals surface area contributed by atoms with E-state index < -0.39 is 28.9 Å². The summed E-state index contributed by atoms with van der Waals surface area (Å²) in [6, 6.07) is 0. The van der Waals surface area contributed by atoms with Gasteiger partial charge in [0.1, 0.15) is 0 Å². The summed E-state index contributed by atoms with van der Waals surface area (Å²) in [4.78, 5) is 3.23. The second kappa shape index (κ2) is 11.7. The van der Waals surface area contributed by atoms with E-state index in [1.165, 1.54) is 12.8 Å². The Morgan fingerprint density at radius 3 is 1.90 bits per heavy atom. The molecule has 5 aliphatic rings. The third kappa shape index (κ3) is 5.35. The molecule has 176 valence electrons. The van der Waals surface area contributed by atoms with Gasteiger partial charge < -0.3 is 14.9 Å². The Bertz CT molecular complexity index is 650. The predicted molar refractivity (Wildman–Crippen MR) is 146 cm³/mol. The third-order valence-corrected chi connectivity index (χ3v) is 17.3. The van der Waals surface area contributed by atoms with Gasteiger partial charge in [0.05, 0.1) is 8.07 Å². The van der Waals surface area contributed by atoms with Crippen LogP contribution in [0.4, 0.5) is 0 Å². The number of halogens is 2. The van der Waals surface area contributed by atoms with Gasteiger partial charge in [0.2, 0.25) is 0 Å². The van der Waals surface area contributed by atoms with Crippen molar-refractivity contribution in [1.82, 2.24) is 0 Å². The predicted octanol–water partition coefficient (Wildman–Crippen LogP) is 9.84. The molecule has 0 aromatic heterocycles. The maximum atomic E-state index is 4.93. The van der Waals surface area contributed by atoms with Crippen LogP contribution in [-0.4, -0.2) is 18.6 Å². The van der Waals surface area contributed by atoms with Crippen molar-refractivity contribution in [2.45, 2.75) is 87.6 Å². The average Bonchev–Trinajstić information content (AvgIpc) is 3.34. The van der Waals surface area contributed by atoms with E-state index in [0.29, 0.717) is 0 Å². The second-order valence-corrected chi connectivity index (χ2v) is 22.3. The third-order valence-electron chi connectivity index (χ3n) is 8.84. The minimum absolute atomic E-state index is 0. The summed E-state index contributed by atoms with van der Waals surface area (Å²) in [7, 11) is 8.52. The van der Waals surface area contributed by atoms with Gasteiger partial charge in [-0.3, -0.25) is 0 Å². The van der Waals surface area contributed by atoms with Gasteiger partial charge in [0, 0.05) is 10.5 Å². The fourth-order valence-electron chi connectivity index (χ4n) is 8.27. The molecule has 2 heterocycles. The zero-order chi connectivity index (χ0) is 20.9. The molecule has 2 aliphatic heterocycles. The molecule has 6 heteroatoms. The Kier molecular flexibility index (Phi) is 11.0. The summed E-state index contributed by atoms with van der Waals surface area (Å²) >= 11 is 3.72. The SMILES string of the molecule is CC1=CC2C3C=C(C)SC3C([Si](C)(C)C3C(C)CC4CCCCC43)C2S1.[CH3-].[CH3-].[Cl][Zr+2][Cl]. The molecule has 0 bridgehead atoms. The molecular formula is C25H42Cl2S2SiZr. The van der Waals surface area contributed by atoms with E-state index in [-0.39, 0.29) is 14.9 Å². The van der Waals surface area contributed by atoms with Crippen LogP contribution in [-0.2, 0) is 20.8 Å². The number of hydrogen-bond donors (Lipinski definition) is 0. The van der Waals surface area contributed by atoms with Gasteiger partial charge in [-0.2, -0.15) is 0 Å². The van der Waals surface area contributed by atoms with Gasteiger partial charge in [0.25, 0.3) is 0 Å². The van der Waals surface area contributed by atoms with Crippen molar-refractivity contribution in [3.8, 4) is 0 Å². The van der Waals surface area contributed by atoms with E-state index in [2.05, 4.69) is 69.5 Å². The van der Waals surface area contributed by atoms with Crippen molar-refractivity contribution in [3.05, 3.63) is 36.8 Å². The molecule has 0 nitrogen and oxygen atoms in total. The standard InChI is InChI=1S/C23H36S2Si.2CH3.2ClH.Zr/c1-13-10-16-8-6-7-9-17(16)22(13)26(4,5)23-20-18(11-14(2)24-20)19-12-15(3)25-21(19)23;;;;;/h11-13,16-23H,6-10H2,1-5H3;2*1H3;2*1H;/q;2*-1;;;+4/p-2. The summed E-state index contributed by atoms with van der Waals surface area (Å²) in [5, 5.41) is 1.80. The molecule has 31 heavy (non-hydrogen) atoms. The first-order chi connectivity index (χ1) is 13.8. The fourth-order valence-corrected chi connectivity index (χ4v) is 19.4. The van der Waals surface area contributed by atoms with Gasteiger partial charge in [-0.05, 0) is 70.8 Å². The van der Waals surface area contributed by atoms with Crippen LogP contribution in [0.2, 0.25) is 24.2 Å². The van der Waals surface area contributed by atoms with Crippen molar-refractivity contribution in [2.24, 2.45) is 29.6 Å². The first-order valence-electron chi connectivity index (χ1n) is 11.5. The monoisotopic (exact) mass is 594 g/mol. The van der Waals surface area contributed by atoms with Gasteiger partial charge in [-0.15, -0.1) is 23.5 Å². The molecule has 3 aliphatic carbocycles. The molecule has 8 atom stereocenters. The van der Waals surface area contributed by atoms with E-state index in [1.807, 2.05) is 0 Å². The van der Waals surface area contributed by atoms with Crippen LogP contribution in [0.1, 0.15) is 52.9 Å². The van der Waals surface area contributed by atoms with Crippen molar-refractivity contribution in [3.63, 3.8) is 0 Å². The molecule has 0 radical (unpaired) electrons. The quantitative estimate of drug-likeness (QED) is 0.230. The summed E-state index contributed by atoms with van der Waals surface area (Å²) in [6.45, 7) is 13.0. The van der Waals surface area contributed by atoms with Crippen LogP contribution in [0.5, 0.6) is 0 Å². The molecule has 0 spiro atoms. The Hall–Kier alpha value is 1.86. The van der Waals surface area contributed by atoms with Crippen LogP contribution in [0, 0.1) is 44.4 Å². The van der Waals surface area contributed by atoms with Crippen LogP contribution < -0.4 is 0 Å². The van der Waals surface area contributed by atoms with E-state index in [0.717, 1.165) is 51.2 Å². The Morgan fingerprint density at radius 1 is 0.903 bits per heavy atom. The van der Waals surface area contributed by atoms with E-state index in [4.69, 9.17) is 17.0 Å². The van der Waals surface area contributed by atoms with Crippen molar-refractivity contribution >= 4 is 48.6 Å². The molecule has 0 aromatic rings. The molecule has 8 unspecified atom stereocenters. The summed E-state index contributed by atoms with van der Waals surface area (Å²) in [5.74, 6) is 4.83. The van der Waals surface area contributed by atoms with Gasteiger partial charge in [-0.25, -0.2) is 0 Å². The van der Waals surface area contributed by atoms with Crippen LogP contribution in [0.3, 0.4) is 0 Å². The van der Waals surface area contributed by atoms with Crippen molar-refractivity contribution < 1.29 is 20.8 Å². The van der Waals surface area contributed by atoms with Gasteiger partial charge in [0.15, 0.2) is 0 Å². The van der Waals surface area contributed by atoms with Gasteiger partial charge >= 0.3 is 37.9 Å². The van der Waals surface area contributed by atoms with E-state index in [9.17, 15) is 0 Å². The number of fused-ring (bicyclic) bond motifs is 4. The van der Waals surface area contributed by atoms with Crippen molar-refractivity contribution in [2.75, 3.05) is 0 Å². The average molecular weight is 597 g/mol. The second-order valence-electron chi connectivity index (χ2n) is 10.7. The van der Waals surface area contributed by atoms with Gasteiger partial charge in [-0.1, -0.05) is 57.9 Å². The first-order valence-corrected chi connectivity index (χ1v) is 22.7.